The zero-order valence-corrected chi connectivity index (χ0v) is 47.9. The highest BCUT2D eigenvalue weighted by atomic mass is 16.7. The Labute approximate surface area is 451 Å². The van der Waals surface area contributed by atoms with Gasteiger partial charge in [0.15, 0.2) is 6.29 Å². The minimum atomic E-state index is -1.57. The number of aliphatic hydroxyl groups excluding tert-OH is 5. The third-order valence-corrected chi connectivity index (χ3v) is 15.2. The second-order valence-electron chi connectivity index (χ2n) is 22.2. The fraction of sp³-hybridized carbons (Fsp3) is 0.891. The van der Waals surface area contributed by atoms with Crippen LogP contribution >= 0.6 is 0 Å². The van der Waals surface area contributed by atoms with Crippen molar-refractivity contribution in [3.8, 4) is 0 Å². The summed E-state index contributed by atoms with van der Waals surface area (Å²) in [5.41, 5.74) is 0. The van der Waals surface area contributed by atoms with Gasteiger partial charge in [-0.1, -0.05) is 281 Å². The number of amides is 1. The van der Waals surface area contributed by atoms with Crippen LogP contribution in [0.3, 0.4) is 0 Å². The first-order valence-electron chi connectivity index (χ1n) is 31.7. The first-order valence-corrected chi connectivity index (χ1v) is 31.7. The lowest BCUT2D eigenvalue weighted by atomic mass is 9.99. The molecule has 1 saturated heterocycles. The summed E-state index contributed by atoms with van der Waals surface area (Å²) in [5.74, 6) is -0.182. The molecule has 0 radical (unpaired) electrons. The molecule has 7 atom stereocenters. The highest BCUT2D eigenvalue weighted by Gasteiger charge is 2.44. The summed E-state index contributed by atoms with van der Waals surface area (Å²) in [4.78, 5) is 13.1. The predicted molar refractivity (Wildman–Crippen MR) is 309 cm³/mol. The summed E-state index contributed by atoms with van der Waals surface area (Å²) in [6.45, 7) is 3.78. The predicted octanol–water partition coefficient (Wildman–Crippen LogP) is 16.3. The molecule has 9 heteroatoms. The van der Waals surface area contributed by atoms with E-state index in [1.165, 1.54) is 250 Å². The van der Waals surface area contributed by atoms with Gasteiger partial charge in [0.2, 0.25) is 5.91 Å². The van der Waals surface area contributed by atoms with Crippen LogP contribution in [0.5, 0.6) is 0 Å². The van der Waals surface area contributed by atoms with Gasteiger partial charge in [0.25, 0.3) is 0 Å². The second kappa shape index (κ2) is 53.8. The van der Waals surface area contributed by atoms with Crippen LogP contribution in [-0.4, -0.2) is 87.5 Å². The van der Waals surface area contributed by atoms with Gasteiger partial charge in [0.1, 0.15) is 24.4 Å². The summed E-state index contributed by atoms with van der Waals surface area (Å²) < 4.78 is 11.3. The minimum absolute atomic E-state index is 0.182. The van der Waals surface area contributed by atoms with Crippen molar-refractivity contribution in [3.05, 3.63) is 36.5 Å². The summed E-state index contributed by atoms with van der Waals surface area (Å²) in [7, 11) is 0. The maximum absolute atomic E-state index is 13.1. The van der Waals surface area contributed by atoms with E-state index in [1.807, 2.05) is 6.08 Å². The van der Waals surface area contributed by atoms with Crippen molar-refractivity contribution < 1.29 is 39.8 Å². The summed E-state index contributed by atoms with van der Waals surface area (Å²) in [6, 6.07) is -0.819. The van der Waals surface area contributed by atoms with Gasteiger partial charge in [-0.15, -0.1) is 0 Å². The van der Waals surface area contributed by atoms with E-state index < -0.39 is 49.5 Å². The number of carbonyl (C=O) groups is 1. The van der Waals surface area contributed by atoms with Crippen molar-refractivity contribution in [3.63, 3.8) is 0 Å². The van der Waals surface area contributed by atoms with Gasteiger partial charge in [-0.05, 0) is 57.8 Å². The van der Waals surface area contributed by atoms with Crippen molar-refractivity contribution in [1.82, 2.24) is 5.32 Å². The number of unbranched alkanes of at least 4 members (excludes halogenated alkanes) is 41. The molecule has 1 fully saturated rings. The van der Waals surface area contributed by atoms with Gasteiger partial charge in [-0.3, -0.25) is 4.79 Å². The normalized spacial score (nSPS) is 19.2. The standard InChI is InChI=1S/C64H121NO8/c1-3-5-7-9-11-13-15-17-19-20-21-22-23-24-25-26-27-28-29-30-31-32-33-34-35-36-37-38-40-42-44-46-48-50-52-54-60(68)65-57(56-72-64-63(71)62(70)61(69)59(55-66)73-64)58(67)53-51-49-47-45-43-41-39-18-16-14-12-10-8-6-4-2/h20-21,43,45,51,53,57-59,61-64,66-67,69-71H,3-19,22-42,44,46-50,52,54-56H2,1-2H3,(H,65,68)/b21-20-,45-43+,53-51+. The molecular formula is C64H121NO8. The van der Waals surface area contributed by atoms with Gasteiger partial charge in [0, 0.05) is 6.42 Å². The molecule has 9 nitrogen and oxygen atoms in total. The Morgan fingerprint density at radius 2 is 0.781 bits per heavy atom. The smallest absolute Gasteiger partial charge is 0.220 e. The molecule has 1 amide bonds. The minimum Gasteiger partial charge on any atom is -0.394 e. The molecule has 0 spiro atoms. The molecule has 1 aliphatic heterocycles. The molecule has 73 heavy (non-hydrogen) atoms. The van der Waals surface area contributed by atoms with Crippen LogP contribution in [0.2, 0.25) is 0 Å². The Kier molecular flexibility index (Phi) is 51.2. The summed E-state index contributed by atoms with van der Waals surface area (Å²) in [6.07, 6.45) is 63.9. The fourth-order valence-corrected chi connectivity index (χ4v) is 10.2. The molecule has 7 unspecified atom stereocenters. The fourth-order valence-electron chi connectivity index (χ4n) is 10.2. The highest BCUT2D eigenvalue weighted by molar-refractivity contribution is 5.76. The number of nitrogens with one attached hydrogen (secondary N) is 1. The summed E-state index contributed by atoms with van der Waals surface area (Å²) in [5, 5.41) is 54.5. The first-order chi connectivity index (χ1) is 35.8. The lowest BCUT2D eigenvalue weighted by molar-refractivity contribution is -0.302. The molecule has 0 saturated carbocycles. The molecule has 0 aliphatic carbocycles. The van der Waals surface area contributed by atoms with Crippen molar-refractivity contribution >= 4 is 5.91 Å². The van der Waals surface area contributed by atoms with Crippen molar-refractivity contribution in [2.75, 3.05) is 13.2 Å². The Hall–Kier alpha value is -1.59. The lowest BCUT2D eigenvalue weighted by Crippen LogP contribution is -2.60. The van der Waals surface area contributed by atoms with Gasteiger partial charge < -0.3 is 40.3 Å². The Bertz CT molecular complexity index is 1240. The maximum Gasteiger partial charge on any atom is 0.220 e. The van der Waals surface area contributed by atoms with Crippen LogP contribution in [-0.2, 0) is 14.3 Å². The Morgan fingerprint density at radius 1 is 0.452 bits per heavy atom. The molecule has 0 aromatic carbocycles. The number of hydrogen-bond donors (Lipinski definition) is 6. The van der Waals surface area contributed by atoms with Crippen LogP contribution in [0.4, 0.5) is 0 Å². The molecular weight excluding hydrogens is 911 g/mol. The highest BCUT2D eigenvalue weighted by Crippen LogP contribution is 2.23. The van der Waals surface area contributed by atoms with Crippen LogP contribution in [0.15, 0.2) is 36.5 Å². The zero-order valence-electron chi connectivity index (χ0n) is 47.9. The SMILES string of the molecule is CCCCCCCCCC/C=C\CCCCCCCCCCCCCCCCCCCCCCCCCC(=O)NC(COC1OC(CO)C(O)C(O)C1O)C(O)/C=C/CC/C=C/CCCCCCCCCCC. The van der Waals surface area contributed by atoms with E-state index >= 15 is 0 Å². The molecule has 1 rings (SSSR count). The Morgan fingerprint density at radius 3 is 1.15 bits per heavy atom. The van der Waals surface area contributed by atoms with E-state index in [1.54, 1.807) is 6.08 Å². The average Bonchev–Trinajstić information content (AvgIpc) is 3.39. The number of aliphatic hydroxyl groups is 5. The monoisotopic (exact) mass is 1030 g/mol. The summed E-state index contributed by atoms with van der Waals surface area (Å²) >= 11 is 0. The number of hydrogen-bond acceptors (Lipinski definition) is 8. The van der Waals surface area contributed by atoms with E-state index in [0.29, 0.717) is 6.42 Å². The van der Waals surface area contributed by atoms with Gasteiger partial charge in [-0.2, -0.15) is 0 Å². The van der Waals surface area contributed by atoms with Gasteiger partial charge >= 0.3 is 0 Å². The second-order valence-corrected chi connectivity index (χ2v) is 22.2. The number of carbonyl (C=O) groups excluding carboxylic acids is 1. The van der Waals surface area contributed by atoms with Crippen molar-refractivity contribution in [1.29, 1.82) is 0 Å². The lowest BCUT2D eigenvalue weighted by Gasteiger charge is -2.40. The molecule has 1 heterocycles. The average molecular weight is 1030 g/mol. The van der Waals surface area contributed by atoms with Gasteiger partial charge in [0.05, 0.1) is 25.4 Å². The molecule has 1 aliphatic rings. The number of rotatable bonds is 55. The first kappa shape index (κ1) is 69.4. The van der Waals surface area contributed by atoms with Crippen molar-refractivity contribution in [2.24, 2.45) is 0 Å². The molecule has 0 aromatic rings. The van der Waals surface area contributed by atoms with Gasteiger partial charge in [-0.25, -0.2) is 0 Å². The maximum atomic E-state index is 13.1. The Balaban J connectivity index is 2.09. The van der Waals surface area contributed by atoms with E-state index in [0.717, 1.165) is 38.5 Å². The molecule has 0 aromatic heterocycles. The molecule has 0 bridgehead atoms. The van der Waals surface area contributed by atoms with Crippen LogP contribution in [0.1, 0.15) is 309 Å². The van der Waals surface area contributed by atoms with Crippen molar-refractivity contribution in [2.45, 2.75) is 352 Å². The van der Waals surface area contributed by atoms with Crippen LogP contribution in [0.25, 0.3) is 0 Å². The zero-order chi connectivity index (χ0) is 52.9. The topological polar surface area (TPSA) is 149 Å². The number of allylic oxidation sites excluding steroid dienone is 5. The van der Waals surface area contributed by atoms with E-state index in [4.69, 9.17) is 9.47 Å². The third kappa shape index (κ3) is 43.1. The third-order valence-electron chi connectivity index (χ3n) is 15.2. The van der Waals surface area contributed by atoms with Crippen LogP contribution in [0, 0.1) is 0 Å². The van der Waals surface area contributed by atoms with E-state index in [2.05, 4.69) is 43.5 Å². The van der Waals surface area contributed by atoms with E-state index in [9.17, 15) is 30.3 Å². The molecule has 430 valence electrons. The van der Waals surface area contributed by atoms with Crippen LogP contribution < -0.4 is 5.32 Å². The number of ether oxygens (including phenoxy) is 2. The largest absolute Gasteiger partial charge is 0.394 e. The quantitative estimate of drug-likeness (QED) is 0.0261. The molecule has 6 N–H and O–H groups in total. The van der Waals surface area contributed by atoms with E-state index in [-0.39, 0.29) is 12.5 Å².